The third-order valence-electron chi connectivity index (χ3n) is 3.11. The van der Waals surface area contributed by atoms with E-state index in [4.69, 9.17) is 0 Å². The first kappa shape index (κ1) is 11.2. The molecule has 0 radical (unpaired) electrons. The molecular formula is C17H14S. The van der Waals surface area contributed by atoms with Crippen LogP contribution in [0, 0.1) is 0 Å². The van der Waals surface area contributed by atoms with Gasteiger partial charge in [0, 0.05) is 4.70 Å². The van der Waals surface area contributed by atoms with Gasteiger partial charge in [-0.25, -0.2) is 0 Å². The summed E-state index contributed by atoms with van der Waals surface area (Å²) in [5.41, 5.74) is 3.91. The molecule has 0 spiro atoms. The molecule has 3 rings (SSSR count). The first-order chi connectivity index (χ1) is 8.84. The van der Waals surface area contributed by atoms with Crippen LogP contribution >= 0.6 is 11.3 Å². The molecule has 2 aromatic carbocycles. The largest absolute Gasteiger partial charge is 0.143 e. The van der Waals surface area contributed by atoms with Crippen LogP contribution in [0.3, 0.4) is 0 Å². The van der Waals surface area contributed by atoms with Crippen LogP contribution in [0.15, 0.2) is 60.0 Å². The zero-order valence-electron chi connectivity index (χ0n) is 10.3. The van der Waals surface area contributed by atoms with Crippen molar-refractivity contribution in [2.24, 2.45) is 0 Å². The quantitative estimate of drug-likeness (QED) is 0.566. The zero-order chi connectivity index (χ0) is 12.4. The summed E-state index contributed by atoms with van der Waals surface area (Å²) in [6, 6.07) is 19.1. The predicted molar refractivity (Wildman–Crippen MR) is 81.8 cm³/mol. The summed E-state index contributed by atoms with van der Waals surface area (Å²) >= 11 is 1.81. The number of fused-ring (bicyclic) bond motifs is 1. The van der Waals surface area contributed by atoms with Crippen molar-refractivity contribution in [1.29, 1.82) is 0 Å². The summed E-state index contributed by atoms with van der Waals surface area (Å²) in [7, 11) is 0. The maximum absolute atomic E-state index is 2.27. The summed E-state index contributed by atoms with van der Waals surface area (Å²) < 4.78 is 1.35. The van der Waals surface area contributed by atoms with E-state index in [0.717, 1.165) is 0 Å². The molecule has 0 aliphatic rings. The first-order valence-corrected chi connectivity index (χ1v) is 6.92. The molecule has 3 aromatic rings. The minimum absolute atomic E-state index is 1.28. The molecule has 18 heavy (non-hydrogen) atoms. The van der Waals surface area contributed by atoms with E-state index in [1.807, 2.05) is 0 Å². The lowest BCUT2D eigenvalue weighted by Crippen LogP contribution is -1.78. The van der Waals surface area contributed by atoms with Crippen LogP contribution < -0.4 is 0 Å². The van der Waals surface area contributed by atoms with Crippen LogP contribution in [0.5, 0.6) is 0 Å². The van der Waals surface area contributed by atoms with E-state index in [-0.39, 0.29) is 0 Å². The molecule has 1 heterocycles. The predicted octanol–water partition coefficient (Wildman–Crippen LogP) is 5.46. The van der Waals surface area contributed by atoms with E-state index in [1.54, 1.807) is 11.3 Å². The van der Waals surface area contributed by atoms with Gasteiger partial charge in [-0.3, -0.25) is 0 Å². The average Bonchev–Trinajstić information content (AvgIpc) is 2.83. The maximum atomic E-state index is 2.27. The van der Waals surface area contributed by atoms with Crippen molar-refractivity contribution in [1.82, 2.24) is 0 Å². The van der Waals surface area contributed by atoms with Crippen LogP contribution in [0.4, 0.5) is 0 Å². The molecule has 0 saturated carbocycles. The van der Waals surface area contributed by atoms with Crippen molar-refractivity contribution in [3.05, 3.63) is 71.1 Å². The number of thiophene rings is 1. The highest BCUT2D eigenvalue weighted by Gasteiger charge is 2.01. The SMILES string of the molecule is CC(=Cc1csc2ccccc12)c1ccccc1. The third kappa shape index (κ3) is 2.09. The number of hydrogen-bond donors (Lipinski definition) is 0. The molecule has 88 valence electrons. The van der Waals surface area contributed by atoms with Gasteiger partial charge in [-0.1, -0.05) is 48.5 Å². The normalized spacial score (nSPS) is 11.9. The van der Waals surface area contributed by atoms with Gasteiger partial charge in [-0.05, 0) is 46.5 Å². The number of allylic oxidation sites excluding steroid dienone is 1. The Bertz CT molecular complexity index is 690. The molecule has 0 fully saturated rings. The molecule has 0 aliphatic heterocycles. The lowest BCUT2D eigenvalue weighted by Gasteiger charge is -2.00. The fourth-order valence-corrected chi connectivity index (χ4v) is 3.05. The maximum Gasteiger partial charge on any atom is 0.0348 e. The molecule has 0 bridgehead atoms. The average molecular weight is 250 g/mol. The molecule has 1 aromatic heterocycles. The lowest BCUT2D eigenvalue weighted by molar-refractivity contribution is 1.58. The van der Waals surface area contributed by atoms with E-state index in [0.29, 0.717) is 0 Å². The standard InChI is InChI=1S/C17H14S/c1-13(14-7-3-2-4-8-14)11-15-12-18-17-10-6-5-9-16(15)17/h2-12H,1H3. The smallest absolute Gasteiger partial charge is 0.0348 e. The van der Waals surface area contributed by atoms with Gasteiger partial charge in [-0.2, -0.15) is 0 Å². The Hall–Kier alpha value is -1.86. The minimum atomic E-state index is 1.28. The number of rotatable bonds is 2. The molecule has 1 heteroatoms. The van der Waals surface area contributed by atoms with Gasteiger partial charge in [0.2, 0.25) is 0 Å². The van der Waals surface area contributed by atoms with Crippen LogP contribution in [0.1, 0.15) is 18.1 Å². The van der Waals surface area contributed by atoms with Crippen LogP contribution in [0.2, 0.25) is 0 Å². The van der Waals surface area contributed by atoms with Crippen LogP contribution in [0.25, 0.3) is 21.7 Å². The Balaban J connectivity index is 2.06. The topological polar surface area (TPSA) is 0 Å². The highest BCUT2D eigenvalue weighted by Crippen LogP contribution is 2.28. The summed E-state index contributed by atoms with van der Waals surface area (Å²) in [6.07, 6.45) is 2.27. The van der Waals surface area contributed by atoms with Crippen LogP contribution in [-0.2, 0) is 0 Å². The molecule has 0 N–H and O–H groups in total. The monoisotopic (exact) mass is 250 g/mol. The van der Waals surface area contributed by atoms with E-state index >= 15 is 0 Å². The molecule has 0 amide bonds. The van der Waals surface area contributed by atoms with Crippen molar-refractivity contribution in [2.45, 2.75) is 6.92 Å². The van der Waals surface area contributed by atoms with Crippen molar-refractivity contribution in [3.63, 3.8) is 0 Å². The second-order valence-electron chi connectivity index (χ2n) is 4.38. The Kier molecular flexibility index (Phi) is 2.99. The summed E-state index contributed by atoms with van der Waals surface area (Å²) in [4.78, 5) is 0. The lowest BCUT2D eigenvalue weighted by atomic mass is 10.0. The third-order valence-corrected chi connectivity index (χ3v) is 4.09. The molecule has 0 atom stereocenters. The Morgan fingerprint density at radius 3 is 2.50 bits per heavy atom. The van der Waals surface area contributed by atoms with Gasteiger partial charge in [-0.15, -0.1) is 11.3 Å². The van der Waals surface area contributed by atoms with Gasteiger partial charge in [0.05, 0.1) is 0 Å². The van der Waals surface area contributed by atoms with Crippen molar-refractivity contribution >= 4 is 33.1 Å². The summed E-state index contributed by atoms with van der Waals surface area (Å²) in [6.45, 7) is 2.17. The second-order valence-corrected chi connectivity index (χ2v) is 5.29. The van der Waals surface area contributed by atoms with Gasteiger partial charge >= 0.3 is 0 Å². The fraction of sp³-hybridized carbons (Fsp3) is 0.0588. The highest BCUT2D eigenvalue weighted by molar-refractivity contribution is 7.17. The molecule has 0 nitrogen and oxygen atoms in total. The number of hydrogen-bond acceptors (Lipinski definition) is 1. The van der Waals surface area contributed by atoms with E-state index in [9.17, 15) is 0 Å². The summed E-state index contributed by atoms with van der Waals surface area (Å²) in [5, 5.41) is 3.58. The Morgan fingerprint density at radius 1 is 0.944 bits per heavy atom. The van der Waals surface area contributed by atoms with Crippen molar-refractivity contribution in [3.8, 4) is 0 Å². The van der Waals surface area contributed by atoms with Crippen molar-refractivity contribution in [2.75, 3.05) is 0 Å². The fourth-order valence-electron chi connectivity index (χ4n) is 2.13. The minimum Gasteiger partial charge on any atom is -0.143 e. The van der Waals surface area contributed by atoms with E-state index in [1.165, 1.54) is 26.8 Å². The van der Waals surface area contributed by atoms with E-state index in [2.05, 4.69) is 73.0 Å². The zero-order valence-corrected chi connectivity index (χ0v) is 11.1. The summed E-state index contributed by atoms with van der Waals surface area (Å²) in [5.74, 6) is 0. The van der Waals surface area contributed by atoms with Gasteiger partial charge in [0.25, 0.3) is 0 Å². The van der Waals surface area contributed by atoms with Gasteiger partial charge in [0.1, 0.15) is 0 Å². The van der Waals surface area contributed by atoms with E-state index < -0.39 is 0 Å². The van der Waals surface area contributed by atoms with Crippen LogP contribution in [-0.4, -0.2) is 0 Å². The second kappa shape index (κ2) is 4.79. The van der Waals surface area contributed by atoms with Crippen molar-refractivity contribution < 1.29 is 0 Å². The highest BCUT2D eigenvalue weighted by atomic mass is 32.1. The molecule has 0 aliphatic carbocycles. The molecule has 0 unspecified atom stereocenters. The van der Waals surface area contributed by atoms with Gasteiger partial charge in [0.15, 0.2) is 0 Å². The number of benzene rings is 2. The Labute approximate surface area is 111 Å². The first-order valence-electron chi connectivity index (χ1n) is 6.04. The van der Waals surface area contributed by atoms with Gasteiger partial charge < -0.3 is 0 Å². The Morgan fingerprint density at radius 2 is 1.67 bits per heavy atom. The molecule has 0 saturated heterocycles. The molecular weight excluding hydrogens is 236 g/mol.